The second-order valence-corrected chi connectivity index (χ2v) is 7.36. The summed E-state index contributed by atoms with van der Waals surface area (Å²) >= 11 is 0. The Morgan fingerprint density at radius 3 is 2.46 bits per heavy atom. The van der Waals surface area contributed by atoms with Crippen molar-refractivity contribution in [2.45, 2.75) is 38.6 Å². The number of carbonyl (C=O) groups excluding carboxylic acids is 2. The van der Waals surface area contributed by atoms with Crippen molar-refractivity contribution in [1.82, 2.24) is 9.78 Å². The molecule has 2 aliphatic rings. The van der Waals surface area contributed by atoms with Gasteiger partial charge in [0.25, 0.3) is 0 Å². The molecule has 0 saturated heterocycles. The first kappa shape index (κ1) is 16.8. The van der Waals surface area contributed by atoms with E-state index in [2.05, 4.69) is 15.7 Å². The molecule has 136 valence electrons. The van der Waals surface area contributed by atoms with Crippen molar-refractivity contribution in [2.75, 3.05) is 10.6 Å². The molecule has 6 heteroatoms. The Hall–Kier alpha value is -2.63. The maximum absolute atomic E-state index is 12.5. The zero-order valence-electron chi connectivity index (χ0n) is 14.9. The lowest BCUT2D eigenvalue weighted by Gasteiger charge is -2.13. The first-order valence-corrected chi connectivity index (χ1v) is 9.34. The molecule has 0 bridgehead atoms. The van der Waals surface area contributed by atoms with Crippen LogP contribution in [0.4, 0.5) is 11.4 Å². The van der Waals surface area contributed by atoms with Crippen LogP contribution in [0.3, 0.4) is 0 Å². The SMILES string of the molecule is C[C@@H](C(=O)Nc1cccc(NC(=O)C2[C@H]3CCCC[C@@H]23)c1)n1cccn1. The van der Waals surface area contributed by atoms with Gasteiger partial charge >= 0.3 is 0 Å². The lowest BCUT2D eigenvalue weighted by molar-refractivity contribution is -0.119. The van der Waals surface area contributed by atoms with Crippen molar-refractivity contribution in [3.63, 3.8) is 0 Å². The molecule has 4 rings (SSSR count). The van der Waals surface area contributed by atoms with E-state index < -0.39 is 6.04 Å². The highest BCUT2D eigenvalue weighted by molar-refractivity contribution is 5.97. The highest BCUT2D eigenvalue weighted by atomic mass is 16.2. The number of aromatic nitrogens is 2. The molecular formula is C20H24N4O2. The molecule has 6 nitrogen and oxygen atoms in total. The molecule has 2 aliphatic carbocycles. The van der Waals surface area contributed by atoms with Crippen LogP contribution in [0, 0.1) is 17.8 Å². The number of amides is 2. The summed E-state index contributed by atoms with van der Waals surface area (Å²) in [6.45, 7) is 1.79. The number of nitrogens with zero attached hydrogens (tertiary/aromatic N) is 2. The van der Waals surface area contributed by atoms with E-state index in [0.29, 0.717) is 17.5 Å². The van der Waals surface area contributed by atoms with E-state index in [4.69, 9.17) is 0 Å². The van der Waals surface area contributed by atoms with E-state index in [9.17, 15) is 9.59 Å². The zero-order valence-corrected chi connectivity index (χ0v) is 14.9. The molecule has 0 spiro atoms. The lowest BCUT2D eigenvalue weighted by atomic mass is 10.0. The summed E-state index contributed by atoms with van der Waals surface area (Å²) in [5.41, 5.74) is 1.39. The fraction of sp³-hybridized carbons (Fsp3) is 0.450. The van der Waals surface area contributed by atoms with Crippen LogP contribution in [0.25, 0.3) is 0 Å². The number of anilines is 2. The number of nitrogens with one attached hydrogen (secondary N) is 2. The zero-order chi connectivity index (χ0) is 18.1. The van der Waals surface area contributed by atoms with Crippen molar-refractivity contribution in [3.05, 3.63) is 42.7 Å². The fourth-order valence-corrected chi connectivity index (χ4v) is 4.16. The second-order valence-electron chi connectivity index (χ2n) is 7.36. The van der Waals surface area contributed by atoms with E-state index in [1.807, 2.05) is 18.2 Å². The van der Waals surface area contributed by atoms with E-state index >= 15 is 0 Å². The molecule has 2 fully saturated rings. The monoisotopic (exact) mass is 352 g/mol. The summed E-state index contributed by atoms with van der Waals surface area (Å²) in [5, 5.41) is 10.0. The number of carbonyl (C=O) groups is 2. The number of hydrogen-bond donors (Lipinski definition) is 2. The molecule has 0 aliphatic heterocycles. The Morgan fingerprint density at radius 2 is 1.81 bits per heavy atom. The van der Waals surface area contributed by atoms with Gasteiger partial charge in [0.05, 0.1) is 0 Å². The average Bonchev–Trinajstić information content (AvgIpc) is 3.12. The predicted molar refractivity (Wildman–Crippen MR) is 99.6 cm³/mol. The normalized spacial score (nSPS) is 25.0. The molecule has 1 aromatic heterocycles. The van der Waals surface area contributed by atoms with Gasteiger partial charge in [-0.25, -0.2) is 0 Å². The van der Waals surface area contributed by atoms with Crippen LogP contribution in [0.1, 0.15) is 38.6 Å². The minimum Gasteiger partial charge on any atom is -0.326 e. The minimum absolute atomic E-state index is 0.121. The van der Waals surface area contributed by atoms with Gasteiger partial charge in [0.2, 0.25) is 11.8 Å². The summed E-state index contributed by atoms with van der Waals surface area (Å²) in [4.78, 5) is 24.9. The maximum atomic E-state index is 12.5. The van der Waals surface area contributed by atoms with Gasteiger partial charge < -0.3 is 10.6 Å². The maximum Gasteiger partial charge on any atom is 0.248 e. The van der Waals surface area contributed by atoms with Crippen LogP contribution < -0.4 is 10.6 Å². The summed E-state index contributed by atoms with van der Waals surface area (Å²) in [7, 11) is 0. The van der Waals surface area contributed by atoms with Crippen molar-refractivity contribution in [1.29, 1.82) is 0 Å². The third-order valence-electron chi connectivity index (χ3n) is 5.66. The Balaban J connectivity index is 1.37. The van der Waals surface area contributed by atoms with Crippen LogP contribution in [-0.2, 0) is 9.59 Å². The average molecular weight is 352 g/mol. The minimum atomic E-state index is -0.405. The van der Waals surface area contributed by atoms with Crippen molar-refractivity contribution in [2.24, 2.45) is 17.8 Å². The quantitative estimate of drug-likeness (QED) is 0.865. The van der Waals surface area contributed by atoms with Crippen LogP contribution in [-0.4, -0.2) is 21.6 Å². The molecule has 2 amide bonds. The lowest BCUT2D eigenvalue weighted by Crippen LogP contribution is -2.24. The van der Waals surface area contributed by atoms with E-state index in [0.717, 1.165) is 5.69 Å². The predicted octanol–water partition coefficient (Wildman–Crippen LogP) is 3.46. The van der Waals surface area contributed by atoms with E-state index in [-0.39, 0.29) is 17.7 Å². The van der Waals surface area contributed by atoms with Crippen molar-refractivity contribution < 1.29 is 9.59 Å². The fourth-order valence-electron chi connectivity index (χ4n) is 4.16. The third-order valence-corrected chi connectivity index (χ3v) is 5.66. The molecule has 2 N–H and O–H groups in total. The van der Waals surface area contributed by atoms with Crippen molar-refractivity contribution in [3.8, 4) is 0 Å². The summed E-state index contributed by atoms with van der Waals surface area (Å²) in [5.74, 6) is 1.32. The largest absolute Gasteiger partial charge is 0.326 e. The van der Waals surface area contributed by atoms with Gasteiger partial charge in [0.15, 0.2) is 0 Å². The Labute approximate surface area is 153 Å². The Bertz CT molecular complexity index is 790. The van der Waals surface area contributed by atoms with Crippen molar-refractivity contribution >= 4 is 23.2 Å². The van der Waals surface area contributed by atoms with Gasteiger partial charge in [0.1, 0.15) is 6.04 Å². The Morgan fingerprint density at radius 1 is 1.12 bits per heavy atom. The number of rotatable bonds is 5. The van der Waals surface area contributed by atoms with Gasteiger partial charge in [-0.05, 0) is 55.9 Å². The number of benzene rings is 1. The molecule has 1 heterocycles. The number of fused-ring (bicyclic) bond motifs is 1. The number of hydrogen-bond acceptors (Lipinski definition) is 3. The van der Waals surface area contributed by atoms with E-state index in [1.54, 1.807) is 36.1 Å². The van der Waals surface area contributed by atoms with Gasteiger partial charge in [0, 0.05) is 29.7 Å². The summed E-state index contributed by atoms with van der Waals surface area (Å²) in [6.07, 6.45) is 8.28. The van der Waals surface area contributed by atoms with Gasteiger partial charge in [-0.1, -0.05) is 18.9 Å². The van der Waals surface area contributed by atoms with E-state index in [1.165, 1.54) is 25.7 Å². The molecule has 4 atom stereocenters. The highest BCUT2D eigenvalue weighted by Crippen LogP contribution is 2.55. The molecule has 0 radical (unpaired) electrons. The van der Waals surface area contributed by atoms with Gasteiger partial charge in [-0.2, -0.15) is 5.10 Å². The summed E-state index contributed by atoms with van der Waals surface area (Å²) in [6, 6.07) is 8.70. The first-order chi connectivity index (χ1) is 12.6. The molecule has 2 saturated carbocycles. The molecule has 26 heavy (non-hydrogen) atoms. The first-order valence-electron chi connectivity index (χ1n) is 9.34. The molecular weight excluding hydrogens is 328 g/mol. The summed E-state index contributed by atoms with van der Waals surface area (Å²) < 4.78 is 1.61. The second kappa shape index (κ2) is 6.94. The van der Waals surface area contributed by atoms with Gasteiger partial charge in [-0.15, -0.1) is 0 Å². The van der Waals surface area contributed by atoms with Crippen LogP contribution >= 0.6 is 0 Å². The highest BCUT2D eigenvalue weighted by Gasteiger charge is 2.54. The van der Waals surface area contributed by atoms with Crippen LogP contribution in [0.5, 0.6) is 0 Å². The Kier molecular flexibility index (Phi) is 4.49. The topological polar surface area (TPSA) is 76.0 Å². The molecule has 1 unspecified atom stereocenters. The standard InChI is InChI=1S/C20H24N4O2/c1-13(24-11-5-10-21-24)19(25)22-14-6-4-7-15(12-14)23-20(26)18-16-8-2-3-9-17(16)18/h4-7,10-13,16-18H,2-3,8-9H2,1H3,(H,22,25)(H,23,26)/t13-,16-,17+,18?/m0/s1. The van der Waals surface area contributed by atoms with Crippen LogP contribution in [0.15, 0.2) is 42.7 Å². The molecule has 2 aromatic rings. The van der Waals surface area contributed by atoms with Gasteiger partial charge in [-0.3, -0.25) is 14.3 Å². The molecule has 1 aromatic carbocycles. The smallest absolute Gasteiger partial charge is 0.248 e. The van der Waals surface area contributed by atoms with Crippen LogP contribution in [0.2, 0.25) is 0 Å². The third kappa shape index (κ3) is 3.36.